The molecule has 1 aromatic heterocycles. The van der Waals surface area contributed by atoms with Crippen molar-refractivity contribution in [3.8, 4) is 0 Å². The average molecular weight is 316 g/mol. The molecule has 0 aromatic carbocycles. The Kier molecular flexibility index (Phi) is 4.87. The minimum absolute atomic E-state index is 0.510. The van der Waals surface area contributed by atoms with Crippen LogP contribution in [0.3, 0.4) is 0 Å². The first-order valence-corrected chi connectivity index (χ1v) is 9.57. The molecule has 2 heterocycles. The zero-order valence-corrected chi connectivity index (χ0v) is 13.7. The first kappa shape index (κ1) is 15.5. The fourth-order valence-corrected chi connectivity index (χ4v) is 3.53. The lowest BCUT2D eigenvalue weighted by Gasteiger charge is -2.22. The molecular formula is C12H20N4O2S2. The Morgan fingerprint density at radius 1 is 1.20 bits per heavy atom. The van der Waals surface area contributed by atoms with Gasteiger partial charge in [-0.15, -0.1) is 0 Å². The van der Waals surface area contributed by atoms with Crippen LogP contribution >= 0.6 is 11.8 Å². The molecule has 0 spiro atoms. The molecule has 20 heavy (non-hydrogen) atoms. The highest BCUT2D eigenvalue weighted by atomic mass is 32.2. The summed E-state index contributed by atoms with van der Waals surface area (Å²) in [5.41, 5.74) is 0.934. The molecule has 0 radical (unpaired) electrons. The number of thioether (sulfide) groups is 1. The van der Waals surface area contributed by atoms with Crippen LogP contribution in [0.4, 0.5) is 5.82 Å². The van der Waals surface area contributed by atoms with Crippen molar-refractivity contribution in [2.75, 3.05) is 43.6 Å². The Hall–Kier alpha value is -0.860. The van der Waals surface area contributed by atoms with Crippen LogP contribution in [0.15, 0.2) is 11.2 Å². The average Bonchev–Trinajstić information content (AvgIpc) is 2.63. The van der Waals surface area contributed by atoms with Gasteiger partial charge >= 0.3 is 0 Å². The summed E-state index contributed by atoms with van der Waals surface area (Å²) >= 11 is 1.52. The summed E-state index contributed by atoms with van der Waals surface area (Å²) in [5, 5.41) is 0.754. The van der Waals surface area contributed by atoms with Crippen molar-refractivity contribution in [1.82, 2.24) is 14.3 Å². The van der Waals surface area contributed by atoms with Gasteiger partial charge in [-0.2, -0.15) is 0 Å². The van der Waals surface area contributed by atoms with Gasteiger partial charge in [0.1, 0.15) is 5.82 Å². The summed E-state index contributed by atoms with van der Waals surface area (Å²) in [5.74, 6) is 0.886. The highest BCUT2D eigenvalue weighted by Gasteiger charge is 2.22. The van der Waals surface area contributed by atoms with Gasteiger partial charge in [0.15, 0.2) is 5.16 Å². The second kappa shape index (κ2) is 6.28. The highest BCUT2D eigenvalue weighted by Crippen LogP contribution is 2.19. The van der Waals surface area contributed by atoms with Gasteiger partial charge in [-0.25, -0.2) is 22.7 Å². The van der Waals surface area contributed by atoms with Crippen LogP contribution < -0.4 is 4.90 Å². The third-order valence-electron chi connectivity index (χ3n) is 3.25. The predicted molar refractivity (Wildman–Crippen MR) is 81.8 cm³/mol. The van der Waals surface area contributed by atoms with Crippen molar-refractivity contribution in [2.24, 2.45) is 0 Å². The minimum atomic E-state index is -3.11. The minimum Gasteiger partial charge on any atom is -0.355 e. The molecule has 2 rings (SSSR count). The Morgan fingerprint density at radius 2 is 1.95 bits per heavy atom. The maximum absolute atomic E-state index is 11.6. The molecular weight excluding hydrogens is 296 g/mol. The lowest BCUT2D eigenvalue weighted by molar-refractivity contribution is 0.437. The Labute approximate surface area is 124 Å². The molecule has 1 aliphatic rings. The highest BCUT2D eigenvalue weighted by molar-refractivity contribution is 7.98. The van der Waals surface area contributed by atoms with Crippen LogP contribution in [0.2, 0.25) is 0 Å². The molecule has 0 N–H and O–H groups in total. The molecule has 0 unspecified atom stereocenters. The summed E-state index contributed by atoms with van der Waals surface area (Å²) in [4.78, 5) is 11.0. The maximum Gasteiger partial charge on any atom is 0.211 e. The van der Waals surface area contributed by atoms with E-state index in [0.29, 0.717) is 19.6 Å². The van der Waals surface area contributed by atoms with Gasteiger partial charge < -0.3 is 4.90 Å². The lowest BCUT2D eigenvalue weighted by atomic mass is 10.3. The standard InChI is InChI=1S/C12H20N4O2S2/c1-10-9-11(14-12(13-10)19-2)15-5-4-6-16(8-7-15)20(3,17)18/h9H,4-8H2,1-3H3. The van der Waals surface area contributed by atoms with E-state index in [1.165, 1.54) is 22.3 Å². The summed E-state index contributed by atoms with van der Waals surface area (Å²) in [6.45, 7) is 4.52. The van der Waals surface area contributed by atoms with Crippen LogP contribution in [0.25, 0.3) is 0 Å². The van der Waals surface area contributed by atoms with E-state index in [1.54, 1.807) is 0 Å². The van der Waals surface area contributed by atoms with Gasteiger partial charge in [-0.1, -0.05) is 11.8 Å². The Bertz CT molecular complexity index is 577. The van der Waals surface area contributed by atoms with E-state index in [0.717, 1.165) is 29.6 Å². The van der Waals surface area contributed by atoms with E-state index in [1.807, 2.05) is 19.2 Å². The Morgan fingerprint density at radius 3 is 2.60 bits per heavy atom. The number of hydrogen-bond donors (Lipinski definition) is 0. The van der Waals surface area contributed by atoms with E-state index in [4.69, 9.17) is 0 Å². The number of anilines is 1. The summed E-state index contributed by atoms with van der Waals surface area (Å²) < 4.78 is 24.8. The van der Waals surface area contributed by atoms with Crippen molar-refractivity contribution in [1.29, 1.82) is 0 Å². The second-order valence-corrected chi connectivity index (χ2v) is 7.61. The first-order valence-electron chi connectivity index (χ1n) is 6.50. The van der Waals surface area contributed by atoms with E-state index in [-0.39, 0.29) is 0 Å². The molecule has 0 saturated carbocycles. The van der Waals surface area contributed by atoms with E-state index in [9.17, 15) is 8.42 Å². The van der Waals surface area contributed by atoms with Gasteiger partial charge in [0, 0.05) is 37.9 Å². The topological polar surface area (TPSA) is 66.4 Å². The number of hydrogen-bond acceptors (Lipinski definition) is 6. The van der Waals surface area contributed by atoms with Gasteiger partial charge in [0.2, 0.25) is 10.0 Å². The van der Waals surface area contributed by atoms with Crippen LogP contribution in [-0.4, -0.2) is 61.4 Å². The normalized spacial score (nSPS) is 18.1. The van der Waals surface area contributed by atoms with Crippen LogP contribution in [0.1, 0.15) is 12.1 Å². The summed E-state index contributed by atoms with van der Waals surface area (Å²) in [6.07, 6.45) is 4.03. The molecule has 8 heteroatoms. The fraction of sp³-hybridized carbons (Fsp3) is 0.667. The molecule has 1 aromatic rings. The largest absolute Gasteiger partial charge is 0.355 e. The van der Waals surface area contributed by atoms with E-state index in [2.05, 4.69) is 14.9 Å². The van der Waals surface area contributed by atoms with Crippen molar-refractivity contribution in [3.05, 3.63) is 11.8 Å². The summed E-state index contributed by atoms with van der Waals surface area (Å²) in [6, 6.07) is 1.95. The molecule has 6 nitrogen and oxygen atoms in total. The molecule has 1 fully saturated rings. The van der Waals surface area contributed by atoms with Gasteiger partial charge in [-0.05, 0) is 19.6 Å². The van der Waals surface area contributed by atoms with Gasteiger partial charge in [-0.3, -0.25) is 0 Å². The number of aryl methyl sites for hydroxylation is 1. The van der Waals surface area contributed by atoms with Crippen molar-refractivity contribution in [2.45, 2.75) is 18.5 Å². The molecule has 1 saturated heterocycles. The van der Waals surface area contributed by atoms with Crippen LogP contribution in [0.5, 0.6) is 0 Å². The molecule has 1 aliphatic heterocycles. The Balaban J connectivity index is 2.16. The van der Waals surface area contributed by atoms with Crippen molar-refractivity contribution in [3.63, 3.8) is 0 Å². The number of rotatable bonds is 3. The van der Waals surface area contributed by atoms with E-state index >= 15 is 0 Å². The first-order chi connectivity index (χ1) is 9.40. The van der Waals surface area contributed by atoms with Crippen LogP contribution in [-0.2, 0) is 10.0 Å². The second-order valence-electron chi connectivity index (χ2n) is 4.86. The monoisotopic (exact) mass is 316 g/mol. The van der Waals surface area contributed by atoms with E-state index < -0.39 is 10.0 Å². The maximum atomic E-state index is 11.6. The smallest absolute Gasteiger partial charge is 0.211 e. The van der Waals surface area contributed by atoms with Gasteiger partial charge in [0.25, 0.3) is 0 Å². The molecule has 0 atom stereocenters. The van der Waals surface area contributed by atoms with Crippen molar-refractivity contribution < 1.29 is 8.42 Å². The molecule has 0 amide bonds. The van der Waals surface area contributed by atoms with Gasteiger partial charge in [0.05, 0.1) is 6.26 Å². The quantitative estimate of drug-likeness (QED) is 0.612. The number of aromatic nitrogens is 2. The third kappa shape index (κ3) is 3.83. The third-order valence-corrected chi connectivity index (χ3v) is 5.10. The zero-order chi connectivity index (χ0) is 14.8. The predicted octanol–water partition coefficient (Wildman–Crippen LogP) is 0.979. The number of sulfonamides is 1. The number of nitrogens with zero attached hydrogens (tertiary/aromatic N) is 4. The molecule has 112 valence electrons. The van der Waals surface area contributed by atoms with Crippen molar-refractivity contribution >= 4 is 27.6 Å². The lowest BCUT2D eigenvalue weighted by Crippen LogP contribution is -2.34. The molecule has 0 aliphatic carbocycles. The molecule has 0 bridgehead atoms. The summed E-state index contributed by atoms with van der Waals surface area (Å²) in [7, 11) is -3.11. The SMILES string of the molecule is CSc1nc(C)cc(N2CCCN(S(C)(=O)=O)CC2)n1. The fourth-order valence-electron chi connectivity index (χ4n) is 2.23. The zero-order valence-electron chi connectivity index (χ0n) is 12.0. The van der Waals surface area contributed by atoms with Crippen LogP contribution in [0, 0.1) is 6.92 Å².